The summed E-state index contributed by atoms with van der Waals surface area (Å²) in [6, 6.07) is 13.6. The minimum atomic E-state index is -0.297. The van der Waals surface area contributed by atoms with Crippen LogP contribution in [0, 0.1) is 5.82 Å². The van der Waals surface area contributed by atoms with E-state index >= 15 is 0 Å². The fraction of sp³-hybridized carbons (Fsp3) is 0.100. The van der Waals surface area contributed by atoms with Gasteiger partial charge < -0.3 is 0 Å². The van der Waals surface area contributed by atoms with Gasteiger partial charge in [-0.15, -0.1) is 0 Å². The highest BCUT2D eigenvalue weighted by molar-refractivity contribution is 7.98. The molecule has 0 aliphatic carbocycles. The molecule has 0 amide bonds. The lowest BCUT2D eigenvalue weighted by Crippen LogP contribution is -2.25. The topological polar surface area (TPSA) is 60.7 Å². The van der Waals surface area contributed by atoms with Gasteiger partial charge in [0.15, 0.2) is 16.3 Å². The molecule has 8 heteroatoms. The van der Waals surface area contributed by atoms with Crippen LogP contribution in [0.4, 0.5) is 4.39 Å². The Bertz CT molecular complexity index is 1200. The molecule has 0 unspecified atom stereocenters. The number of benzene rings is 2. The van der Waals surface area contributed by atoms with Crippen molar-refractivity contribution in [2.24, 2.45) is 0 Å². The number of hydrogen-bond acceptors (Lipinski definition) is 5. The fourth-order valence-corrected chi connectivity index (χ4v) is 3.78. The first kappa shape index (κ1) is 18.6. The molecular weight excluding hydrogens is 399 g/mol. The number of aromatic nitrogens is 4. The van der Waals surface area contributed by atoms with Crippen molar-refractivity contribution >= 4 is 34.5 Å². The lowest BCUT2D eigenvalue weighted by Gasteiger charge is -2.12. The predicted molar refractivity (Wildman–Crippen MR) is 108 cm³/mol. The van der Waals surface area contributed by atoms with Gasteiger partial charge in [-0.25, -0.2) is 19.3 Å². The second-order valence-electron chi connectivity index (χ2n) is 6.06. The molecule has 0 radical (unpaired) electrons. The van der Waals surface area contributed by atoms with E-state index < -0.39 is 0 Å². The standard InChI is InChI=1S/C20H14ClFN4OS/c21-15-6-4-13(5-7-15)11-26-19(27)17-18(24-9-8-23-17)25-20(26)28-12-14-2-1-3-16(22)10-14/h1-10H,11-12H2. The molecule has 0 saturated heterocycles. The Balaban J connectivity index is 1.74. The summed E-state index contributed by atoms with van der Waals surface area (Å²) in [5.74, 6) is 0.172. The minimum Gasteiger partial charge on any atom is -0.281 e. The van der Waals surface area contributed by atoms with Crippen LogP contribution in [-0.2, 0) is 12.3 Å². The molecule has 2 aromatic heterocycles. The van der Waals surface area contributed by atoms with E-state index in [2.05, 4.69) is 15.0 Å². The molecule has 4 rings (SSSR count). The highest BCUT2D eigenvalue weighted by Crippen LogP contribution is 2.22. The van der Waals surface area contributed by atoms with E-state index in [9.17, 15) is 9.18 Å². The summed E-state index contributed by atoms with van der Waals surface area (Å²) in [5.41, 5.74) is 1.95. The molecule has 28 heavy (non-hydrogen) atoms. The zero-order valence-electron chi connectivity index (χ0n) is 14.5. The monoisotopic (exact) mass is 412 g/mol. The Kier molecular flexibility index (Phi) is 5.36. The van der Waals surface area contributed by atoms with Crippen molar-refractivity contribution in [2.45, 2.75) is 17.5 Å². The van der Waals surface area contributed by atoms with Gasteiger partial charge in [0.1, 0.15) is 5.82 Å². The van der Waals surface area contributed by atoms with E-state index in [1.54, 1.807) is 22.8 Å². The largest absolute Gasteiger partial charge is 0.282 e. The Morgan fingerprint density at radius 3 is 2.61 bits per heavy atom. The number of nitrogens with zero attached hydrogens (tertiary/aromatic N) is 4. The minimum absolute atomic E-state index is 0.214. The highest BCUT2D eigenvalue weighted by Gasteiger charge is 2.14. The molecule has 0 aliphatic rings. The number of hydrogen-bond donors (Lipinski definition) is 0. The summed E-state index contributed by atoms with van der Waals surface area (Å²) < 4.78 is 15.0. The Hall–Kier alpha value is -2.77. The first-order chi connectivity index (χ1) is 13.6. The van der Waals surface area contributed by atoms with Gasteiger partial charge in [0.2, 0.25) is 0 Å². The van der Waals surface area contributed by atoms with Crippen LogP contribution in [-0.4, -0.2) is 19.5 Å². The molecule has 0 aliphatic heterocycles. The third-order valence-electron chi connectivity index (χ3n) is 4.07. The average Bonchev–Trinajstić information content (AvgIpc) is 2.70. The summed E-state index contributed by atoms with van der Waals surface area (Å²) in [6.07, 6.45) is 2.97. The van der Waals surface area contributed by atoms with Crippen LogP contribution in [0.1, 0.15) is 11.1 Å². The van der Waals surface area contributed by atoms with Crippen molar-refractivity contribution in [1.82, 2.24) is 19.5 Å². The SMILES string of the molecule is O=c1c2nccnc2nc(SCc2cccc(F)c2)n1Cc1ccc(Cl)cc1. The average molecular weight is 413 g/mol. The first-order valence-electron chi connectivity index (χ1n) is 8.43. The summed E-state index contributed by atoms with van der Waals surface area (Å²) in [7, 11) is 0. The third-order valence-corrected chi connectivity index (χ3v) is 5.37. The van der Waals surface area contributed by atoms with E-state index in [1.807, 2.05) is 18.2 Å². The van der Waals surface area contributed by atoms with Crippen LogP contribution in [0.15, 0.2) is 70.9 Å². The second kappa shape index (κ2) is 8.08. The highest BCUT2D eigenvalue weighted by atomic mass is 35.5. The van der Waals surface area contributed by atoms with E-state index in [1.165, 1.54) is 36.3 Å². The van der Waals surface area contributed by atoms with Crippen LogP contribution in [0.25, 0.3) is 11.2 Å². The van der Waals surface area contributed by atoms with Gasteiger partial charge in [-0.05, 0) is 35.4 Å². The van der Waals surface area contributed by atoms with Crippen molar-refractivity contribution in [1.29, 1.82) is 0 Å². The quantitative estimate of drug-likeness (QED) is 0.361. The Morgan fingerprint density at radius 2 is 1.82 bits per heavy atom. The number of rotatable bonds is 5. The lowest BCUT2D eigenvalue weighted by atomic mass is 10.2. The van der Waals surface area contributed by atoms with Gasteiger partial charge in [-0.2, -0.15) is 0 Å². The second-order valence-corrected chi connectivity index (χ2v) is 7.44. The van der Waals surface area contributed by atoms with Crippen molar-refractivity contribution < 1.29 is 4.39 Å². The number of fused-ring (bicyclic) bond motifs is 1. The molecule has 140 valence electrons. The molecule has 0 atom stereocenters. The predicted octanol–water partition coefficient (Wildman–Crippen LogP) is 4.32. The van der Waals surface area contributed by atoms with Crippen LogP contribution in [0.2, 0.25) is 5.02 Å². The molecular formula is C20H14ClFN4OS. The summed E-state index contributed by atoms with van der Waals surface area (Å²) >= 11 is 7.30. The molecule has 5 nitrogen and oxygen atoms in total. The van der Waals surface area contributed by atoms with Crippen LogP contribution < -0.4 is 5.56 Å². The van der Waals surface area contributed by atoms with Crippen LogP contribution in [0.3, 0.4) is 0 Å². The van der Waals surface area contributed by atoms with Crippen molar-refractivity contribution in [3.8, 4) is 0 Å². The van der Waals surface area contributed by atoms with Gasteiger partial charge in [-0.3, -0.25) is 9.36 Å². The third kappa shape index (κ3) is 4.05. The lowest BCUT2D eigenvalue weighted by molar-refractivity contribution is 0.626. The maximum Gasteiger partial charge on any atom is 0.282 e. The fourth-order valence-electron chi connectivity index (χ4n) is 2.73. The number of halogens is 2. The maximum absolute atomic E-state index is 13.5. The normalized spacial score (nSPS) is 11.1. The molecule has 0 bridgehead atoms. The Morgan fingerprint density at radius 1 is 1.04 bits per heavy atom. The molecule has 0 fully saturated rings. The summed E-state index contributed by atoms with van der Waals surface area (Å²) in [4.78, 5) is 25.8. The molecule has 4 aromatic rings. The Labute approximate surface area is 169 Å². The molecule has 2 heterocycles. The van der Waals surface area contributed by atoms with E-state index in [0.29, 0.717) is 28.1 Å². The van der Waals surface area contributed by atoms with Gasteiger partial charge in [0, 0.05) is 23.2 Å². The zero-order valence-corrected chi connectivity index (χ0v) is 16.1. The van der Waals surface area contributed by atoms with Gasteiger partial charge in [-0.1, -0.05) is 47.6 Å². The molecule has 2 aromatic carbocycles. The van der Waals surface area contributed by atoms with Gasteiger partial charge in [0.25, 0.3) is 5.56 Å². The van der Waals surface area contributed by atoms with E-state index in [-0.39, 0.29) is 16.9 Å². The van der Waals surface area contributed by atoms with Crippen molar-refractivity contribution in [2.75, 3.05) is 0 Å². The molecule has 0 spiro atoms. The van der Waals surface area contributed by atoms with E-state index in [0.717, 1.165) is 11.1 Å². The first-order valence-corrected chi connectivity index (χ1v) is 9.80. The van der Waals surface area contributed by atoms with Crippen LogP contribution >= 0.6 is 23.4 Å². The molecule has 0 saturated carbocycles. The van der Waals surface area contributed by atoms with Gasteiger partial charge in [0.05, 0.1) is 6.54 Å². The van der Waals surface area contributed by atoms with Crippen molar-refractivity contribution in [3.05, 3.63) is 93.2 Å². The summed E-state index contributed by atoms with van der Waals surface area (Å²) in [5, 5.41) is 1.12. The maximum atomic E-state index is 13.5. The van der Waals surface area contributed by atoms with Crippen molar-refractivity contribution in [3.63, 3.8) is 0 Å². The zero-order chi connectivity index (χ0) is 19.5. The van der Waals surface area contributed by atoms with E-state index in [4.69, 9.17) is 11.6 Å². The number of thioether (sulfide) groups is 1. The molecule has 0 N–H and O–H groups in total. The smallest absolute Gasteiger partial charge is 0.281 e. The van der Waals surface area contributed by atoms with Gasteiger partial charge >= 0.3 is 0 Å². The summed E-state index contributed by atoms with van der Waals surface area (Å²) in [6.45, 7) is 0.320. The van der Waals surface area contributed by atoms with Crippen LogP contribution in [0.5, 0.6) is 0 Å².